The zero-order valence-electron chi connectivity index (χ0n) is 14.0. The van der Waals surface area contributed by atoms with Crippen LogP contribution < -0.4 is 0 Å². The Labute approximate surface area is 142 Å². The van der Waals surface area contributed by atoms with Crippen molar-refractivity contribution in [3.8, 4) is 17.2 Å². The van der Waals surface area contributed by atoms with Crippen LogP contribution in [0.4, 0.5) is 0 Å². The van der Waals surface area contributed by atoms with Crippen molar-refractivity contribution in [2.24, 2.45) is 0 Å². The molecule has 0 bridgehead atoms. The normalized spacial score (nSPS) is 20.7. The third-order valence-corrected chi connectivity index (χ3v) is 5.27. The molecule has 0 radical (unpaired) electrons. The van der Waals surface area contributed by atoms with Gasteiger partial charge in [-0.15, -0.1) is 0 Å². The summed E-state index contributed by atoms with van der Waals surface area (Å²) >= 11 is 0. The molecule has 2 aromatic rings. The standard InChI is InChI=1S/C19H25N3O2/c23-18-5-3-15(4-6-18)19-20-16(14-24-19)13-21-11-7-17(8-12-21)22-9-1-2-10-22/h3-6,14,17,23H,1-2,7-13H2. The van der Waals surface area contributed by atoms with E-state index < -0.39 is 0 Å². The smallest absolute Gasteiger partial charge is 0.226 e. The molecule has 2 aliphatic rings. The second kappa shape index (κ2) is 6.95. The van der Waals surface area contributed by atoms with Crippen LogP contribution in [0.1, 0.15) is 31.4 Å². The minimum absolute atomic E-state index is 0.256. The van der Waals surface area contributed by atoms with Crippen LogP contribution in [-0.2, 0) is 6.54 Å². The van der Waals surface area contributed by atoms with E-state index in [4.69, 9.17) is 4.42 Å². The average molecular weight is 327 g/mol. The van der Waals surface area contributed by atoms with Crippen LogP contribution in [0.3, 0.4) is 0 Å². The summed E-state index contributed by atoms with van der Waals surface area (Å²) in [6.07, 6.45) is 7.04. The van der Waals surface area contributed by atoms with Crippen LogP contribution in [0.15, 0.2) is 34.9 Å². The van der Waals surface area contributed by atoms with Crippen molar-refractivity contribution in [1.82, 2.24) is 14.8 Å². The number of piperidine rings is 1. The molecule has 0 atom stereocenters. The van der Waals surface area contributed by atoms with Gasteiger partial charge in [-0.1, -0.05) is 0 Å². The van der Waals surface area contributed by atoms with E-state index in [1.165, 1.54) is 38.8 Å². The Bertz CT molecular complexity index is 654. The first-order chi connectivity index (χ1) is 11.8. The number of aromatic hydroxyl groups is 1. The second-order valence-electron chi connectivity index (χ2n) is 6.94. The van der Waals surface area contributed by atoms with Gasteiger partial charge in [0.1, 0.15) is 12.0 Å². The largest absolute Gasteiger partial charge is 0.508 e. The van der Waals surface area contributed by atoms with Gasteiger partial charge in [-0.3, -0.25) is 4.90 Å². The number of aromatic nitrogens is 1. The summed E-state index contributed by atoms with van der Waals surface area (Å²) in [6.45, 7) is 5.73. The first kappa shape index (κ1) is 15.7. The Hall–Kier alpha value is -1.85. The molecular weight excluding hydrogens is 302 g/mol. The van der Waals surface area contributed by atoms with Gasteiger partial charge in [0.25, 0.3) is 0 Å². The van der Waals surface area contributed by atoms with Crippen molar-refractivity contribution < 1.29 is 9.52 Å². The van der Waals surface area contributed by atoms with E-state index in [-0.39, 0.29) is 5.75 Å². The fourth-order valence-corrected chi connectivity index (χ4v) is 3.89. The molecule has 2 saturated heterocycles. The monoisotopic (exact) mass is 327 g/mol. The van der Waals surface area contributed by atoms with Crippen LogP contribution in [-0.4, -0.2) is 52.1 Å². The molecule has 5 heteroatoms. The molecule has 0 spiro atoms. The van der Waals surface area contributed by atoms with Crippen LogP contribution in [0.25, 0.3) is 11.5 Å². The molecule has 2 fully saturated rings. The number of phenols is 1. The highest BCUT2D eigenvalue weighted by atomic mass is 16.3. The lowest BCUT2D eigenvalue weighted by Crippen LogP contribution is -2.43. The highest BCUT2D eigenvalue weighted by Crippen LogP contribution is 2.24. The van der Waals surface area contributed by atoms with Crippen molar-refractivity contribution in [3.05, 3.63) is 36.2 Å². The first-order valence-corrected chi connectivity index (χ1v) is 8.98. The molecule has 1 aromatic heterocycles. The average Bonchev–Trinajstić information content (AvgIpc) is 3.28. The minimum atomic E-state index is 0.256. The summed E-state index contributed by atoms with van der Waals surface area (Å²) in [5, 5.41) is 9.36. The number of nitrogens with zero attached hydrogens (tertiary/aromatic N) is 3. The van der Waals surface area contributed by atoms with E-state index in [9.17, 15) is 5.11 Å². The lowest BCUT2D eigenvalue weighted by Gasteiger charge is -2.36. The van der Waals surface area contributed by atoms with E-state index in [0.29, 0.717) is 5.89 Å². The molecule has 0 amide bonds. The summed E-state index contributed by atoms with van der Waals surface area (Å²) in [4.78, 5) is 9.75. The molecule has 2 aliphatic heterocycles. The summed E-state index contributed by atoms with van der Waals surface area (Å²) in [6, 6.07) is 7.75. The Kier molecular flexibility index (Phi) is 4.54. The maximum Gasteiger partial charge on any atom is 0.226 e. The molecule has 1 N–H and O–H groups in total. The highest BCUT2D eigenvalue weighted by molar-refractivity contribution is 5.54. The minimum Gasteiger partial charge on any atom is -0.508 e. The number of hydrogen-bond acceptors (Lipinski definition) is 5. The molecule has 0 saturated carbocycles. The maximum atomic E-state index is 9.36. The fraction of sp³-hybridized carbons (Fsp3) is 0.526. The van der Waals surface area contributed by atoms with Crippen molar-refractivity contribution in [2.45, 2.75) is 38.3 Å². The van der Waals surface area contributed by atoms with Crippen molar-refractivity contribution in [1.29, 1.82) is 0 Å². The fourth-order valence-electron chi connectivity index (χ4n) is 3.89. The molecular formula is C19H25N3O2. The molecule has 3 heterocycles. The van der Waals surface area contributed by atoms with E-state index in [0.717, 1.165) is 36.9 Å². The van der Waals surface area contributed by atoms with Gasteiger partial charge >= 0.3 is 0 Å². The number of likely N-dealkylation sites (tertiary alicyclic amines) is 2. The molecule has 24 heavy (non-hydrogen) atoms. The predicted octanol–water partition coefficient (Wildman–Crippen LogP) is 3.11. The van der Waals surface area contributed by atoms with Gasteiger partial charge in [-0.05, 0) is 63.0 Å². The van der Waals surface area contributed by atoms with E-state index in [1.807, 2.05) is 12.1 Å². The molecule has 0 aliphatic carbocycles. The van der Waals surface area contributed by atoms with Crippen molar-refractivity contribution >= 4 is 0 Å². The van der Waals surface area contributed by atoms with Crippen LogP contribution in [0.2, 0.25) is 0 Å². The van der Waals surface area contributed by atoms with Gasteiger partial charge < -0.3 is 14.4 Å². The zero-order chi connectivity index (χ0) is 16.4. The van der Waals surface area contributed by atoms with Gasteiger partial charge in [-0.25, -0.2) is 4.98 Å². The topological polar surface area (TPSA) is 52.7 Å². The molecule has 1 aromatic carbocycles. The Morgan fingerprint density at radius 3 is 2.46 bits per heavy atom. The molecule has 5 nitrogen and oxygen atoms in total. The predicted molar refractivity (Wildman–Crippen MR) is 92.7 cm³/mol. The van der Waals surface area contributed by atoms with E-state index in [2.05, 4.69) is 14.8 Å². The summed E-state index contributed by atoms with van der Waals surface area (Å²) < 4.78 is 5.61. The Balaban J connectivity index is 1.32. The number of hydrogen-bond donors (Lipinski definition) is 1. The van der Waals surface area contributed by atoms with Crippen molar-refractivity contribution in [3.63, 3.8) is 0 Å². The second-order valence-corrected chi connectivity index (χ2v) is 6.94. The third-order valence-electron chi connectivity index (χ3n) is 5.27. The van der Waals surface area contributed by atoms with Crippen LogP contribution in [0, 0.1) is 0 Å². The van der Waals surface area contributed by atoms with E-state index in [1.54, 1.807) is 18.4 Å². The van der Waals surface area contributed by atoms with Gasteiger partial charge in [0.05, 0.1) is 5.69 Å². The third kappa shape index (κ3) is 3.47. The van der Waals surface area contributed by atoms with Crippen LogP contribution in [0.5, 0.6) is 5.75 Å². The van der Waals surface area contributed by atoms with Crippen molar-refractivity contribution in [2.75, 3.05) is 26.2 Å². The van der Waals surface area contributed by atoms with Gasteiger partial charge in [0.2, 0.25) is 5.89 Å². The van der Waals surface area contributed by atoms with Crippen LogP contribution >= 0.6 is 0 Å². The Morgan fingerprint density at radius 1 is 1.04 bits per heavy atom. The molecule has 0 unspecified atom stereocenters. The molecule has 128 valence electrons. The van der Waals surface area contributed by atoms with E-state index >= 15 is 0 Å². The quantitative estimate of drug-likeness (QED) is 0.935. The number of rotatable bonds is 4. The van der Waals surface area contributed by atoms with Gasteiger partial charge in [0.15, 0.2) is 0 Å². The summed E-state index contributed by atoms with van der Waals surface area (Å²) in [7, 11) is 0. The maximum absolute atomic E-state index is 9.36. The molecule has 4 rings (SSSR count). The SMILES string of the molecule is Oc1ccc(-c2nc(CN3CCC(N4CCCC4)CC3)co2)cc1. The van der Waals surface area contributed by atoms with Gasteiger partial charge in [-0.2, -0.15) is 0 Å². The lowest BCUT2D eigenvalue weighted by molar-refractivity contribution is 0.122. The zero-order valence-corrected chi connectivity index (χ0v) is 14.0. The first-order valence-electron chi connectivity index (χ1n) is 8.98. The number of oxazole rings is 1. The Morgan fingerprint density at radius 2 is 1.75 bits per heavy atom. The number of phenolic OH excluding ortho intramolecular Hbond substituents is 1. The summed E-state index contributed by atoms with van der Waals surface area (Å²) in [5.41, 5.74) is 1.88. The number of benzene rings is 1. The highest BCUT2D eigenvalue weighted by Gasteiger charge is 2.26. The van der Waals surface area contributed by atoms with Gasteiger partial charge in [0, 0.05) is 31.2 Å². The summed E-state index contributed by atoms with van der Waals surface area (Å²) in [5.74, 6) is 0.878. The lowest BCUT2D eigenvalue weighted by atomic mass is 10.0.